The number of carbonyl (C=O) groups is 2. The summed E-state index contributed by atoms with van der Waals surface area (Å²) in [6, 6.07) is 5.58. The normalized spacial score (nSPS) is 22.0. The highest BCUT2D eigenvalue weighted by atomic mass is 35.5. The monoisotopic (exact) mass is 390 g/mol. The number of rotatable bonds is 2. The second-order valence-electron chi connectivity index (χ2n) is 7.34. The van der Waals surface area contributed by atoms with Crippen molar-refractivity contribution in [1.29, 1.82) is 0 Å². The van der Waals surface area contributed by atoms with Crippen LogP contribution in [0.4, 0.5) is 6.01 Å². The Balaban J connectivity index is 1.40. The lowest BCUT2D eigenvalue weighted by Gasteiger charge is -2.40. The van der Waals surface area contributed by atoms with Gasteiger partial charge in [0.25, 0.3) is 6.01 Å². The Morgan fingerprint density at radius 3 is 2.70 bits per heavy atom. The molecule has 1 atom stereocenters. The third kappa shape index (κ3) is 3.36. The number of benzene rings is 1. The summed E-state index contributed by atoms with van der Waals surface area (Å²) in [7, 11) is 1.78. The Labute approximate surface area is 162 Å². The predicted octanol–water partition coefficient (Wildman–Crippen LogP) is 2.39. The van der Waals surface area contributed by atoms with E-state index in [0.29, 0.717) is 42.8 Å². The smallest absolute Gasteiger partial charge is 0.298 e. The Hall–Kier alpha value is -2.28. The zero-order valence-corrected chi connectivity index (χ0v) is 16.3. The number of hydrogen-bond donors (Lipinski definition) is 0. The van der Waals surface area contributed by atoms with Gasteiger partial charge in [-0.25, -0.2) is 0 Å². The number of fused-ring (bicyclic) bond motifs is 1. The van der Waals surface area contributed by atoms with Gasteiger partial charge in [0.1, 0.15) is 11.6 Å². The van der Waals surface area contributed by atoms with Gasteiger partial charge in [-0.15, -0.1) is 0 Å². The molecule has 2 amide bonds. The molecule has 1 aromatic carbocycles. The fourth-order valence-electron chi connectivity index (χ4n) is 3.89. The first-order chi connectivity index (χ1) is 12.9. The minimum atomic E-state index is -0.379. The second kappa shape index (κ2) is 7.03. The fraction of sp³-hybridized carbons (Fsp3) is 0.526. The molecule has 0 spiro atoms. The number of carbonyl (C=O) groups excluding carboxylic acids is 2. The Bertz CT molecular complexity index is 875. The van der Waals surface area contributed by atoms with Gasteiger partial charge in [0.05, 0.1) is 0 Å². The van der Waals surface area contributed by atoms with E-state index in [1.54, 1.807) is 29.0 Å². The number of piperazine rings is 1. The number of likely N-dealkylation sites (N-methyl/N-ethyl adjacent to an activating group) is 1. The zero-order valence-electron chi connectivity index (χ0n) is 15.5. The van der Waals surface area contributed by atoms with Gasteiger partial charge in [-0.3, -0.25) is 9.59 Å². The van der Waals surface area contributed by atoms with Crippen molar-refractivity contribution in [3.05, 3.63) is 23.2 Å². The van der Waals surface area contributed by atoms with E-state index < -0.39 is 0 Å². The molecule has 144 valence electrons. The van der Waals surface area contributed by atoms with Crippen LogP contribution in [0.15, 0.2) is 22.6 Å². The van der Waals surface area contributed by atoms with E-state index in [1.165, 1.54) is 0 Å². The van der Waals surface area contributed by atoms with Crippen LogP contribution in [0.1, 0.15) is 19.8 Å². The zero-order chi connectivity index (χ0) is 19.1. The van der Waals surface area contributed by atoms with Crippen LogP contribution in [0.3, 0.4) is 0 Å². The number of oxazole rings is 1. The third-order valence-corrected chi connectivity index (χ3v) is 5.85. The van der Waals surface area contributed by atoms with Crippen molar-refractivity contribution in [2.24, 2.45) is 5.92 Å². The van der Waals surface area contributed by atoms with Gasteiger partial charge < -0.3 is 19.1 Å². The molecule has 2 fully saturated rings. The van der Waals surface area contributed by atoms with Crippen molar-refractivity contribution in [1.82, 2.24) is 14.8 Å². The summed E-state index contributed by atoms with van der Waals surface area (Å²) in [4.78, 5) is 35.1. The number of aromatic nitrogens is 1. The minimum Gasteiger partial charge on any atom is -0.423 e. The minimum absolute atomic E-state index is 0.0113. The average molecular weight is 391 g/mol. The van der Waals surface area contributed by atoms with E-state index in [9.17, 15) is 9.59 Å². The van der Waals surface area contributed by atoms with Crippen molar-refractivity contribution in [3.63, 3.8) is 0 Å². The molecular weight excluding hydrogens is 368 g/mol. The van der Waals surface area contributed by atoms with Gasteiger partial charge in [0.2, 0.25) is 11.8 Å². The predicted molar refractivity (Wildman–Crippen MR) is 103 cm³/mol. The summed E-state index contributed by atoms with van der Waals surface area (Å²) in [5.74, 6) is 0.0452. The third-order valence-electron chi connectivity index (χ3n) is 5.61. The van der Waals surface area contributed by atoms with E-state index in [1.807, 2.05) is 13.0 Å². The highest BCUT2D eigenvalue weighted by molar-refractivity contribution is 6.31. The Morgan fingerprint density at radius 1 is 1.22 bits per heavy atom. The lowest BCUT2D eigenvalue weighted by Crippen LogP contribution is -2.58. The number of anilines is 1. The molecule has 8 heteroatoms. The molecule has 2 aliphatic heterocycles. The summed E-state index contributed by atoms with van der Waals surface area (Å²) in [6.45, 7) is 4.42. The first-order valence-corrected chi connectivity index (χ1v) is 9.68. The van der Waals surface area contributed by atoms with E-state index in [-0.39, 0.29) is 23.8 Å². The lowest BCUT2D eigenvalue weighted by molar-refractivity contribution is -0.152. The van der Waals surface area contributed by atoms with Crippen LogP contribution in [-0.2, 0) is 9.59 Å². The standard InChI is InChI=1S/C19H23ClN4O3/c1-12-17(25)22(2)9-10-24(12)18(26)13-5-7-23(8-6-13)19-21-15-4-3-14(20)11-16(15)27-19/h3-4,11-13H,5-10H2,1-2H3. The number of amides is 2. The van der Waals surface area contributed by atoms with Crippen LogP contribution in [0.25, 0.3) is 11.1 Å². The topological polar surface area (TPSA) is 69.9 Å². The Kier molecular flexibility index (Phi) is 4.72. The van der Waals surface area contributed by atoms with Gasteiger partial charge in [0, 0.05) is 50.2 Å². The quantitative estimate of drug-likeness (QED) is 0.787. The van der Waals surface area contributed by atoms with Gasteiger partial charge in [-0.05, 0) is 31.9 Å². The molecule has 2 aromatic rings. The van der Waals surface area contributed by atoms with Crippen LogP contribution in [0.5, 0.6) is 0 Å². The number of piperidine rings is 1. The van der Waals surface area contributed by atoms with Crippen molar-refractivity contribution < 1.29 is 14.0 Å². The van der Waals surface area contributed by atoms with Gasteiger partial charge in [-0.2, -0.15) is 4.98 Å². The first-order valence-electron chi connectivity index (χ1n) is 9.30. The van der Waals surface area contributed by atoms with Gasteiger partial charge in [-0.1, -0.05) is 11.6 Å². The molecule has 0 aliphatic carbocycles. The number of nitrogens with zero attached hydrogens (tertiary/aromatic N) is 4. The van der Waals surface area contributed by atoms with Crippen LogP contribution in [0.2, 0.25) is 5.02 Å². The molecule has 0 N–H and O–H groups in total. The van der Waals surface area contributed by atoms with E-state index in [2.05, 4.69) is 9.88 Å². The molecule has 0 bridgehead atoms. The van der Waals surface area contributed by atoms with Crippen molar-refractivity contribution in [2.75, 3.05) is 38.1 Å². The Morgan fingerprint density at radius 2 is 1.96 bits per heavy atom. The first kappa shape index (κ1) is 18.1. The highest BCUT2D eigenvalue weighted by Gasteiger charge is 2.37. The van der Waals surface area contributed by atoms with Crippen LogP contribution >= 0.6 is 11.6 Å². The lowest BCUT2D eigenvalue weighted by atomic mass is 9.94. The van der Waals surface area contributed by atoms with E-state index >= 15 is 0 Å². The van der Waals surface area contributed by atoms with Crippen LogP contribution < -0.4 is 4.90 Å². The largest absolute Gasteiger partial charge is 0.423 e. The van der Waals surface area contributed by atoms with Crippen LogP contribution in [-0.4, -0.2) is 65.9 Å². The molecule has 2 aliphatic rings. The maximum atomic E-state index is 12.9. The molecule has 0 saturated carbocycles. The van der Waals surface area contributed by atoms with Crippen molar-refractivity contribution in [3.8, 4) is 0 Å². The average Bonchev–Trinajstić information content (AvgIpc) is 3.09. The van der Waals surface area contributed by atoms with Crippen LogP contribution in [0, 0.1) is 5.92 Å². The van der Waals surface area contributed by atoms with Gasteiger partial charge >= 0.3 is 0 Å². The maximum absolute atomic E-state index is 12.9. The molecule has 4 rings (SSSR count). The SMILES string of the molecule is CC1C(=O)N(C)CCN1C(=O)C1CCN(c2nc3ccc(Cl)cc3o2)CC1. The van der Waals surface area contributed by atoms with Crippen molar-refractivity contribution in [2.45, 2.75) is 25.8 Å². The molecular formula is C19H23ClN4O3. The molecule has 1 aromatic heterocycles. The molecule has 1 unspecified atom stereocenters. The summed E-state index contributed by atoms with van der Waals surface area (Å²) in [5, 5.41) is 0.616. The van der Waals surface area contributed by atoms with E-state index in [4.69, 9.17) is 16.0 Å². The number of halogens is 1. The maximum Gasteiger partial charge on any atom is 0.298 e. The van der Waals surface area contributed by atoms with E-state index in [0.717, 1.165) is 18.4 Å². The number of hydrogen-bond acceptors (Lipinski definition) is 5. The molecule has 2 saturated heterocycles. The summed E-state index contributed by atoms with van der Waals surface area (Å²) in [5.41, 5.74) is 1.44. The highest BCUT2D eigenvalue weighted by Crippen LogP contribution is 2.29. The molecule has 27 heavy (non-hydrogen) atoms. The summed E-state index contributed by atoms with van der Waals surface area (Å²) in [6.07, 6.45) is 1.46. The van der Waals surface area contributed by atoms with Crippen molar-refractivity contribution >= 4 is 40.5 Å². The summed E-state index contributed by atoms with van der Waals surface area (Å²) >= 11 is 6.00. The molecule has 7 nitrogen and oxygen atoms in total. The summed E-state index contributed by atoms with van der Waals surface area (Å²) < 4.78 is 5.83. The molecule has 3 heterocycles. The van der Waals surface area contributed by atoms with Gasteiger partial charge in [0.15, 0.2) is 5.58 Å². The second-order valence-corrected chi connectivity index (χ2v) is 7.77. The fourth-order valence-corrected chi connectivity index (χ4v) is 4.05. The molecule has 0 radical (unpaired) electrons.